The van der Waals surface area contributed by atoms with Gasteiger partial charge < -0.3 is 15.4 Å². The second-order valence-corrected chi connectivity index (χ2v) is 8.84. The summed E-state index contributed by atoms with van der Waals surface area (Å²) in [5.74, 6) is -0.0697. The highest BCUT2D eigenvalue weighted by Crippen LogP contribution is 2.20. The first kappa shape index (κ1) is 18.8. The van der Waals surface area contributed by atoms with Gasteiger partial charge in [-0.2, -0.15) is 16.1 Å². The van der Waals surface area contributed by atoms with Gasteiger partial charge in [0.1, 0.15) is 10.6 Å². The van der Waals surface area contributed by atoms with Crippen molar-refractivity contribution in [1.29, 1.82) is 0 Å². The molecule has 134 valence electrons. The Kier molecular flexibility index (Phi) is 6.30. The third kappa shape index (κ3) is 4.74. The molecule has 2 heterocycles. The second kappa shape index (κ2) is 8.04. The van der Waals surface area contributed by atoms with Gasteiger partial charge in [-0.15, -0.1) is 0 Å². The number of carbonyl (C=O) groups is 2. The van der Waals surface area contributed by atoms with E-state index < -0.39 is 21.9 Å². The Morgan fingerprint density at radius 3 is 2.71 bits per heavy atom. The largest absolute Gasteiger partial charge is 0.481 e. The van der Waals surface area contributed by atoms with Crippen LogP contribution in [0.15, 0.2) is 17.2 Å². The predicted octanol–water partition coefficient (Wildman–Crippen LogP) is 0.593. The number of hydrogen-bond acceptors (Lipinski definition) is 5. The molecule has 24 heavy (non-hydrogen) atoms. The molecular weight excluding hydrogens is 354 g/mol. The van der Waals surface area contributed by atoms with Crippen LogP contribution in [0, 0.1) is 5.92 Å². The SMILES string of the molecule is CC(CNC(=O)c1cc(S(=O)(=O)N2CCSCC2)c[nH]1)CC(=O)O. The van der Waals surface area contributed by atoms with Crippen molar-refractivity contribution < 1.29 is 23.1 Å². The summed E-state index contributed by atoms with van der Waals surface area (Å²) in [6.45, 7) is 2.85. The third-order valence-electron chi connectivity index (χ3n) is 3.64. The highest BCUT2D eigenvalue weighted by molar-refractivity contribution is 7.99. The average Bonchev–Trinajstić information content (AvgIpc) is 3.03. The Balaban J connectivity index is 1.99. The van der Waals surface area contributed by atoms with Crippen LogP contribution >= 0.6 is 11.8 Å². The lowest BCUT2D eigenvalue weighted by atomic mass is 10.1. The summed E-state index contributed by atoms with van der Waals surface area (Å²) >= 11 is 1.71. The van der Waals surface area contributed by atoms with Crippen LogP contribution in [0.1, 0.15) is 23.8 Å². The molecule has 0 bridgehead atoms. The number of aromatic amines is 1. The fraction of sp³-hybridized carbons (Fsp3) is 0.571. The van der Waals surface area contributed by atoms with Crippen molar-refractivity contribution in [1.82, 2.24) is 14.6 Å². The molecule has 1 unspecified atom stereocenters. The standard InChI is InChI=1S/C14H21N3O5S2/c1-10(6-13(18)19)8-16-14(20)12-7-11(9-15-12)24(21,22)17-2-4-23-5-3-17/h7,9-10,15H,2-6,8H2,1H3,(H,16,20)(H,18,19). The van der Waals surface area contributed by atoms with E-state index in [2.05, 4.69) is 10.3 Å². The number of rotatable bonds is 7. The molecule has 8 nitrogen and oxygen atoms in total. The van der Waals surface area contributed by atoms with E-state index in [1.54, 1.807) is 18.7 Å². The van der Waals surface area contributed by atoms with Gasteiger partial charge in [0, 0.05) is 43.8 Å². The second-order valence-electron chi connectivity index (χ2n) is 5.68. The monoisotopic (exact) mass is 375 g/mol. The van der Waals surface area contributed by atoms with Gasteiger partial charge >= 0.3 is 5.97 Å². The molecule has 1 aliphatic rings. The Bertz CT molecular complexity index is 695. The van der Waals surface area contributed by atoms with Gasteiger partial charge in [0.2, 0.25) is 10.0 Å². The summed E-state index contributed by atoms with van der Waals surface area (Å²) in [6, 6.07) is 1.31. The van der Waals surface area contributed by atoms with E-state index in [9.17, 15) is 18.0 Å². The molecule has 1 aliphatic heterocycles. The summed E-state index contributed by atoms with van der Waals surface area (Å²) < 4.78 is 26.4. The van der Waals surface area contributed by atoms with E-state index in [0.717, 1.165) is 11.5 Å². The number of thioether (sulfide) groups is 1. The number of nitrogens with one attached hydrogen (secondary N) is 2. The van der Waals surface area contributed by atoms with E-state index in [4.69, 9.17) is 5.11 Å². The molecule has 0 aliphatic carbocycles. The Morgan fingerprint density at radius 1 is 1.42 bits per heavy atom. The van der Waals surface area contributed by atoms with E-state index in [1.807, 2.05) is 0 Å². The van der Waals surface area contributed by atoms with Gasteiger partial charge in [-0.25, -0.2) is 8.42 Å². The number of sulfonamides is 1. The van der Waals surface area contributed by atoms with E-state index in [1.165, 1.54) is 16.6 Å². The van der Waals surface area contributed by atoms with Gasteiger partial charge in [-0.3, -0.25) is 9.59 Å². The molecule has 1 amide bonds. The topological polar surface area (TPSA) is 120 Å². The van der Waals surface area contributed by atoms with Gasteiger partial charge in [0.15, 0.2) is 0 Å². The Morgan fingerprint density at radius 2 is 2.08 bits per heavy atom. The lowest BCUT2D eigenvalue weighted by Gasteiger charge is -2.24. The van der Waals surface area contributed by atoms with Crippen molar-refractivity contribution >= 4 is 33.7 Å². The number of amides is 1. The Labute approximate surface area is 145 Å². The highest BCUT2D eigenvalue weighted by atomic mass is 32.2. The minimum absolute atomic E-state index is 0.0440. The molecule has 1 aromatic rings. The maximum absolute atomic E-state index is 12.5. The van der Waals surface area contributed by atoms with E-state index >= 15 is 0 Å². The van der Waals surface area contributed by atoms with Gasteiger partial charge in [-0.05, 0) is 12.0 Å². The van der Waals surface area contributed by atoms with Crippen LogP contribution in [-0.4, -0.2) is 65.8 Å². The van der Waals surface area contributed by atoms with Gasteiger partial charge in [0.05, 0.1) is 0 Å². The first-order valence-electron chi connectivity index (χ1n) is 7.57. The number of carbonyl (C=O) groups excluding carboxylic acids is 1. The predicted molar refractivity (Wildman–Crippen MR) is 90.6 cm³/mol. The molecule has 0 aromatic carbocycles. The van der Waals surface area contributed by atoms with Gasteiger partial charge in [-0.1, -0.05) is 6.92 Å². The maximum Gasteiger partial charge on any atom is 0.303 e. The van der Waals surface area contributed by atoms with Crippen LogP contribution < -0.4 is 5.32 Å². The zero-order valence-corrected chi connectivity index (χ0v) is 15.0. The minimum atomic E-state index is -3.59. The molecule has 10 heteroatoms. The molecule has 0 saturated carbocycles. The lowest BCUT2D eigenvalue weighted by Crippen LogP contribution is -2.37. The first-order valence-corrected chi connectivity index (χ1v) is 10.2. The molecule has 3 N–H and O–H groups in total. The van der Waals surface area contributed by atoms with Crippen molar-refractivity contribution in [3.8, 4) is 0 Å². The molecular formula is C14H21N3O5S2. The molecule has 2 rings (SSSR count). The fourth-order valence-electron chi connectivity index (χ4n) is 2.32. The number of aliphatic carboxylic acids is 1. The van der Waals surface area contributed by atoms with Crippen LogP contribution in [0.4, 0.5) is 0 Å². The normalized spacial score (nSPS) is 17.4. The fourth-order valence-corrected chi connectivity index (χ4v) is 4.89. The molecule has 0 radical (unpaired) electrons. The van der Waals surface area contributed by atoms with Crippen molar-refractivity contribution in [3.63, 3.8) is 0 Å². The summed E-state index contributed by atoms with van der Waals surface area (Å²) in [4.78, 5) is 25.4. The number of aromatic nitrogens is 1. The molecule has 1 aromatic heterocycles. The van der Waals surface area contributed by atoms with Crippen molar-refractivity contribution in [2.45, 2.75) is 18.2 Å². The van der Waals surface area contributed by atoms with Crippen LogP contribution in [-0.2, 0) is 14.8 Å². The average molecular weight is 375 g/mol. The van der Waals surface area contributed by atoms with Crippen LogP contribution in [0.3, 0.4) is 0 Å². The van der Waals surface area contributed by atoms with Gasteiger partial charge in [0.25, 0.3) is 5.91 Å². The van der Waals surface area contributed by atoms with Crippen molar-refractivity contribution in [2.75, 3.05) is 31.1 Å². The zero-order valence-electron chi connectivity index (χ0n) is 13.3. The molecule has 1 atom stereocenters. The first-order chi connectivity index (χ1) is 11.3. The van der Waals surface area contributed by atoms with Crippen LogP contribution in [0.2, 0.25) is 0 Å². The van der Waals surface area contributed by atoms with Crippen LogP contribution in [0.25, 0.3) is 0 Å². The molecule has 1 fully saturated rings. The van der Waals surface area contributed by atoms with E-state index in [-0.39, 0.29) is 29.5 Å². The lowest BCUT2D eigenvalue weighted by molar-refractivity contribution is -0.137. The van der Waals surface area contributed by atoms with E-state index in [0.29, 0.717) is 13.1 Å². The summed E-state index contributed by atoms with van der Waals surface area (Å²) in [5, 5.41) is 11.3. The number of carboxylic acid groups (broad SMARTS) is 1. The van der Waals surface area contributed by atoms with Crippen molar-refractivity contribution in [2.24, 2.45) is 5.92 Å². The minimum Gasteiger partial charge on any atom is -0.481 e. The Hall–Kier alpha value is -1.52. The zero-order chi connectivity index (χ0) is 17.7. The number of nitrogens with zero attached hydrogens (tertiary/aromatic N) is 1. The van der Waals surface area contributed by atoms with Crippen LogP contribution in [0.5, 0.6) is 0 Å². The summed E-state index contributed by atoms with van der Waals surface area (Å²) in [7, 11) is -3.59. The summed E-state index contributed by atoms with van der Waals surface area (Å²) in [5.41, 5.74) is 0.141. The molecule has 0 spiro atoms. The number of H-pyrrole nitrogens is 1. The number of hydrogen-bond donors (Lipinski definition) is 3. The smallest absolute Gasteiger partial charge is 0.303 e. The van der Waals surface area contributed by atoms with Crippen molar-refractivity contribution in [3.05, 3.63) is 18.0 Å². The number of carboxylic acids is 1. The summed E-state index contributed by atoms with van der Waals surface area (Å²) in [6.07, 6.45) is 1.27. The third-order valence-corrected chi connectivity index (χ3v) is 6.46. The molecule has 1 saturated heterocycles. The quantitative estimate of drug-likeness (QED) is 0.642. The maximum atomic E-state index is 12.5. The highest BCUT2D eigenvalue weighted by Gasteiger charge is 2.27.